The fraction of sp³-hybridized carbons (Fsp3) is 0.600. The van der Waals surface area contributed by atoms with Gasteiger partial charge in [-0.3, -0.25) is 9.88 Å². The van der Waals surface area contributed by atoms with Gasteiger partial charge in [-0.05, 0) is 50.3 Å². The second-order valence-corrected chi connectivity index (χ2v) is 9.96. The lowest BCUT2D eigenvalue weighted by Gasteiger charge is -2.20. The van der Waals surface area contributed by atoms with Crippen molar-refractivity contribution in [2.24, 2.45) is 5.92 Å². The van der Waals surface area contributed by atoms with Crippen LogP contribution < -0.4 is 0 Å². The average Bonchev–Trinajstić information content (AvgIpc) is 3.15. The number of sulfone groups is 1. The van der Waals surface area contributed by atoms with Gasteiger partial charge in [0.2, 0.25) is 15.0 Å². The Hall–Kier alpha value is -1.77. The molecule has 152 valence electrons. The summed E-state index contributed by atoms with van der Waals surface area (Å²) in [5, 5.41) is 0.208. The minimum absolute atomic E-state index is 0.0615. The highest BCUT2D eigenvalue weighted by Crippen LogP contribution is 2.32. The molecule has 1 saturated heterocycles. The van der Waals surface area contributed by atoms with E-state index < -0.39 is 9.84 Å². The van der Waals surface area contributed by atoms with Gasteiger partial charge in [0, 0.05) is 32.1 Å². The SMILES string of the molecule is CN(Cc1cccnc1)Cc1cnc(S(=O)(=O)CC2CC2)n1CC1CCCO1. The van der Waals surface area contributed by atoms with Gasteiger partial charge in [-0.2, -0.15) is 0 Å². The Balaban J connectivity index is 1.55. The lowest BCUT2D eigenvalue weighted by molar-refractivity contribution is 0.0934. The molecule has 1 unspecified atom stereocenters. The molecule has 28 heavy (non-hydrogen) atoms. The fourth-order valence-electron chi connectivity index (χ4n) is 3.76. The third-order valence-electron chi connectivity index (χ3n) is 5.35. The Labute approximate surface area is 166 Å². The van der Waals surface area contributed by atoms with Crippen LogP contribution >= 0.6 is 0 Å². The van der Waals surface area contributed by atoms with Gasteiger partial charge in [-0.1, -0.05) is 6.07 Å². The first-order chi connectivity index (χ1) is 13.5. The molecule has 0 N–H and O–H groups in total. The number of hydrogen-bond acceptors (Lipinski definition) is 6. The average molecular weight is 405 g/mol. The van der Waals surface area contributed by atoms with Gasteiger partial charge >= 0.3 is 0 Å². The molecule has 0 bridgehead atoms. The predicted octanol–water partition coefficient (Wildman–Crippen LogP) is 2.27. The molecule has 4 rings (SSSR count). The summed E-state index contributed by atoms with van der Waals surface area (Å²) in [4.78, 5) is 10.7. The van der Waals surface area contributed by atoms with Crippen LogP contribution in [0.3, 0.4) is 0 Å². The van der Waals surface area contributed by atoms with Crippen molar-refractivity contribution in [2.75, 3.05) is 19.4 Å². The summed E-state index contributed by atoms with van der Waals surface area (Å²) >= 11 is 0. The Kier molecular flexibility index (Phi) is 5.80. The van der Waals surface area contributed by atoms with Crippen molar-refractivity contribution >= 4 is 9.84 Å². The first-order valence-corrected chi connectivity index (χ1v) is 11.6. The fourth-order valence-corrected chi connectivity index (χ4v) is 5.60. The van der Waals surface area contributed by atoms with E-state index in [9.17, 15) is 8.42 Å². The minimum atomic E-state index is -3.38. The summed E-state index contributed by atoms with van der Waals surface area (Å²) in [7, 11) is -1.35. The van der Waals surface area contributed by atoms with E-state index in [1.807, 2.05) is 29.9 Å². The number of rotatable bonds is 9. The van der Waals surface area contributed by atoms with E-state index >= 15 is 0 Å². The van der Waals surface area contributed by atoms with Gasteiger partial charge in [-0.25, -0.2) is 13.4 Å². The van der Waals surface area contributed by atoms with E-state index in [1.165, 1.54) is 0 Å². The lowest BCUT2D eigenvalue weighted by atomic mass is 10.2. The molecule has 0 spiro atoms. The highest BCUT2D eigenvalue weighted by Gasteiger charge is 2.33. The molecule has 2 aliphatic rings. The zero-order valence-corrected chi connectivity index (χ0v) is 17.1. The molecule has 3 heterocycles. The largest absolute Gasteiger partial charge is 0.376 e. The predicted molar refractivity (Wildman–Crippen MR) is 105 cm³/mol. The maximum Gasteiger partial charge on any atom is 0.227 e. The van der Waals surface area contributed by atoms with Crippen LogP contribution in [0.4, 0.5) is 0 Å². The standard InChI is InChI=1S/C20H28N4O3S/c1-23(12-17-4-2-8-21-10-17)13-18-11-22-20(28(25,26)15-16-6-7-16)24(18)14-19-5-3-9-27-19/h2,4,8,10-11,16,19H,3,5-7,9,12-15H2,1H3. The van der Waals surface area contributed by atoms with Gasteiger partial charge in [0.1, 0.15) is 0 Å². The zero-order chi connectivity index (χ0) is 19.6. The van der Waals surface area contributed by atoms with Crippen LogP contribution in [0.15, 0.2) is 35.9 Å². The normalized spacial score (nSPS) is 20.1. The van der Waals surface area contributed by atoms with Crippen LogP contribution in [0.25, 0.3) is 0 Å². The quantitative estimate of drug-likeness (QED) is 0.638. The Bertz CT molecular complexity index is 887. The summed E-state index contributed by atoms with van der Waals surface area (Å²) in [5.41, 5.74) is 2.04. The number of aromatic nitrogens is 3. The lowest BCUT2D eigenvalue weighted by Crippen LogP contribution is -2.25. The molecule has 2 fully saturated rings. The summed E-state index contributed by atoms with van der Waals surface area (Å²) in [6.45, 7) is 2.66. The number of pyridine rings is 1. The number of nitrogens with zero attached hydrogens (tertiary/aromatic N) is 4. The van der Waals surface area contributed by atoms with Crippen LogP contribution in [0, 0.1) is 5.92 Å². The highest BCUT2D eigenvalue weighted by molar-refractivity contribution is 7.91. The van der Waals surface area contributed by atoms with Crippen LogP contribution in [0.2, 0.25) is 0 Å². The highest BCUT2D eigenvalue weighted by atomic mass is 32.2. The summed E-state index contributed by atoms with van der Waals surface area (Å²) in [6.07, 6.45) is 9.40. The van der Waals surface area contributed by atoms with Crippen molar-refractivity contribution in [3.63, 3.8) is 0 Å². The molecule has 2 aromatic heterocycles. The van der Waals surface area contributed by atoms with E-state index in [2.05, 4.69) is 14.9 Å². The van der Waals surface area contributed by atoms with Crippen molar-refractivity contribution in [3.05, 3.63) is 42.0 Å². The maximum absolute atomic E-state index is 12.9. The maximum atomic E-state index is 12.9. The third kappa shape index (κ3) is 4.79. The van der Waals surface area contributed by atoms with Crippen LogP contribution in [-0.4, -0.2) is 53.4 Å². The van der Waals surface area contributed by atoms with E-state index in [0.717, 1.165) is 50.1 Å². The monoisotopic (exact) mass is 404 g/mol. The molecule has 2 aromatic rings. The summed E-state index contributed by atoms with van der Waals surface area (Å²) < 4.78 is 33.5. The smallest absolute Gasteiger partial charge is 0.227 e. The number of hydrogen-bond donors (Lipinski definition) is 0. The molecule has 0 amide bonds. The molecule has 1 atom stereocenters. The van der Waals surface area contributed by atoms with E-state index in [1.54, 1.807) is 12.4 Å². The minimum Gasteiger partial charge on any atom is -0.376 e. The third-order valence-corrected chi connectivity index (χ3v) is 7.14. The van der Waals surface area contributed by atoms with Crippen molar-refractivity contribution in [1.29, 1.82) is 0 Å². The molecule has 0 aromatic carbocycles. The zero-order valence-electron chi connectivity index (χ0n) is 16.3. The van der Waals surface area contributed by atoms with Crippen LogP contribution in [0.1, 0.15) is 36.9 Å². The van der Waals surface area contributed by atoms with Crippen molar-refractivity contribution in [1.82, 2.24) is 19.4 Å². The number of ether oxygens (including phenoxy) is 1. The van der Waals surface area contributed by atoms with E-state index in [0.29, 0.717) is 19.0 Å². The molecular weight excluding hydrogens is 376 g/mol. The molecule has 1 aliphatic carbocycles. The van der Waals surface area contributed by atoms with Crippen LogP contribution in [-0.2, 0) is 34.2 Å². The second kappa shape index (κ2) is 8.31. The summed E-state index contributed by atoms with van der Waals surface area (Å²) in [6, 6.07) is 3.96. The van der Waals surface area contributed by atoms with Gasteiger partial charge < -0.3 is 9.30 Å². The van der Waals surface area contributed by atoms with Gasteiger partial charge in [0.25, 0.3) is 0 Å². The molecular formula is C20H28N4O3S. The molecule has 0 radical (unpaired) electrons. The van der Waals surface area contributed by atoms with Gasteiger partial charge in [-0.15, -0.1) is 0 Å². The van der Waals surface area contributed by atoms with Crippen molar-refractivity contribution in [3.8, 4) is 0 Å². The molecule has 1 aliphatic heterocycles. The second-order valence-electron chi connectivity index (χ2n) is 8.04. The van der Waals surface area contributed by atoms with Crippen molar-refractivity contribution < 1.29 is 13.2 Å². The van der Waals surface area contributed by atoms with E-state index in [4.69, 9.17) is 4.74 Å². The van der Waals surface area contributed by atoms with Gasteiger partial charge in [0.05, 0.1) is 30.3 Å². The number of imidazole rings is 1. The Morgan fingerprint density at radius 2 is 2.11 bits per heavy atom. The van der Waals surface area contributed by atoms with E-state index in [-0.39, 0.29) is 17.0 Å². The first-order valence-electron chi connectivity index (χ1n) is 9.97. The topological polar surface area (TPSA) is 77.3 Å². The molecule has 8 heteroatoms. The Morgan fingerprint density at radius 3 is 2.79 bits per heavy atom. The molecule has 7 nitrogen and oxygen atoms in total. The van der Waals surface area contributed by atoms with Crippen LogP contribution in [0.5, 0.6) is 0 Å². The summed E-state index contributed by atoms with van der Waals surface area (Å²) in [5.74, 6) is 0.509. The Morgan fingerprint density at radius 1 is 1.25 bits per heavy atom. The molecule has 1 saturated carbocycles. The van der Waals surface area contributed by atoms with Crippen molar-refractivity contribution in [2.45, 2.75) is 56.6 Å². The van der Waals surface area contributed by atoms with Gasteiger partial charge in [0.15, 0.2) is 0 Å². The first kappa shape index (κ1) is 19.5.